The highest BCUT2D eigenvalue weighted by Gasteiger charge is 2.45. The van der Waals surface area contributed by atoms with Crippen LogP contribution in [0.1, 0.15) is 51.2 Å². The molecule has 2 aliphatic rings. The summed E-state index contributed by atoms with van der Waals surface area (Å²) in [6.45, 7) is 8.84. The molecule has 6 nitrogen and oxygen atoms in total. The lowest BCUT2D eigenvalue weighted by molar-refractivity contribution is -0.0131. The maximum atomic E-state index is 11.3. The van der Waals surface area contributed by atoms with Gasteiger partial charge in [-0.2, -0.15) is 12.7 Å². The average Bonchev–Trinajstić information content (AvgIpc) is 2.86. The molecule has 0 amide bonds. The van der Waals surface area contributed by atoms with Gasteiger partial charge in [-0.25, -0.2) is 0 Å². The van der Waals surface area contributed by atoms with Gasteiger partial charge in [0.15, 0.2) is 6.23 Å². The summed E-state index contributed by atoms with van der Waals surface area (Å²) in [5, 5.41) is 0. The minimum Gasteiger partial charge on any atom is -0.474 e. The summed E-state index contributed by atoms with van der Waals surface area (Å²) in [7, 11) is -4.14. The van der Waals surface area contributed by atoms with Gasteiger partial charge in [0.25, 0.3) is 0 Å². The number of likely N-dealkylation sites (tertiary alicyclic amines) is 1. The molecule has 0 bridgehead atoms. The molecule has 2 aliphatic heterocycles. The molecule has 1 saturated heterocycles. The van der Waals surface area contributed by atoms with Crippen LogP contribution < -0.4 is 4.74 Å². The Kier molecular flexibility index (Phi) is 5.63. The number of hydrogen-bond donors (Lipinski definition) is 1. The summed E-state index contributed by atoms with van der Waals surface area (Å²) in [5.41, 5.74) is 2.12. The maximum Gasteiger partial charge on any atom is 0.335 e. The third-order valence-electron chi connectivity index (χ3n) is 5.65. The van der Waals surface area contributed by atoms with Crippen molar-refractivity contribution in [3.05, 3.63) is 29.3 Å². The number of likely N-dealkylation sites (N-methyl/N-ethyl adjacent to an activating group) is 1. The number of nitrogens with zero attached hydrogens (tertiary/aromatic N) is 2. The fraction of sp³-hybridized carbons (Fsp3) is 0.684. The number of fused-ring (bicyclic) bond motifs is 1. The summed E-state index contributed by atoms with van der Waals surface area (Å²) in [4.78, 5) is 2.44. The van der Waals surface area contributed by atoms with Crippen LogP contribution in [0, 0.1) is 0 Å². The molecule has 146 valence electrons. The van der Waals surface area contributed by atoms with E-state index in [1.807, 2.05) is 12.1 Å². The Bertz CT molecular complexity index is 742. The van der Waals surface area contributed by atoms with Crippen molar-refractivity contribution in [2.45, 2.75) is 58.1 Å². The zero-order valence-corrected chi connectivity index (χ0v) is 16.8. The lowest BCUT2D eigenvalue weighted by Gasteiger charge is -2.38. The molecule has 0 aliphatic carbocycles. The number of ether oxygens (including phenoxy) is 1. The fourth-order valence-electron chi connectivity index (χ4n) is 4.11. The van der Waals surface area contributed by atoms with Crippen LogP contribution in [0.4, 0.5) is 0 Å². The number of rotatable bonds is 6. The molecule has 1 aromatic carbocycles. The fourth-order valence-corrected chi connectivity index (χ4v) is 4.76. The normalized spacial score (nSPS) is 23.0. The molecular formula is C19H30N2O4S. The zero-order chi connectivity index (χ0) is 18.9. The lowest BCUT2D eigenvalue weighted by atomic mass is 9.82. The molecular weight excluding hydrogens is 352 g/mol. The predicted molar refractivity (Wildman–Crippen MR) is 102 cm³/mol. The molecule has 1 unspecified atom stereocenters. The Morgan fingerprint density at radius 1 is 1.27 bits per heavy atom. The molecule has 0 saturated carbocycles. The second kappa shape index (κ2) is 7.46. The molecule has 0 radical (unpaired) electrons. The van der Waals surface area contributed by atoms with E-state index in [2.05, 4.69) is 24.8 Å². The van der Waals surface area contributed by atoms with E-state index < -0.39 is 10.3 Å². The third kappa shape index (κ3) is 3.91. The van der Waals surface area contributed by atoms with E-state index in [0.29, 0.717) is 6.42 Å². The van der Waals surface area contributed by atoms with Gasteiger partial charge < -0.3 is 4.74 Å². The summed E-state index contributed by atoms with van der Waals surface area (Å²) >= 11 is 0. The zero-order valence-electron chi connectivity index (χ0n) is 15.9. The quantitative estimate of drug-likeness (QED) is 0.766. The van der Waals surface area contributed by atoms with Crippen molar-refractivity contribution in [1.82, 2.24) is 9.21 Å². The van der Waals surface area contributed by atoms with Crippen LogP contribution in [0.2, 0.25) is 0 Å². The maximum absolute atomic E-state index is 11.3. The Morgan fingerprint density at radius 3 is 2.58 bits per heavy atom. The molecule has 3 rings (SSSR count). The Hall–Kier alpha value is -1.15. The van der Waals surface area contributed by atoms with Crippen molar-refractivity contribution in [3.8, 4) is 5.75 Å². The van der Waals surface area contributed by atoms with Gasteiger partial charge in [-0.3, -0.25) is 9.45 Å². The molecule has 1 aromatic rings. The minimum absolute atomic E-state index is 0.0537. The first-order valence-electron chi connectivity index (χ1n) is 9.50. The van der Waals surface area contributed by atoms with Gasteiger partial charge >= 0.3 is 10.3 Å². The molecule has 7 heteroatoms. The molecule has 1 atom stereocenters. The topological polar surface area (TPSA) is 70.1 Å². The van der Waals surface area contributed by atoms with Gasteiger partial charge in [0.1, 0.15) is 5.75 Å². The van der Waals surface area contributed by atoms with E-state index in [4.69, 9.17) is 4.74 Å². The largest absolute Gasteiger partial charge is 0.474 e. The molecule has 26 heavy (non-hydrogen) atoms. The molecule has 2 heterocycles. The molecule has 1 N–H and O–H groups in total. The summed E-state index contributed by atoms with van der Waals surface area (Å²) < 4.78 is 39.3. The van der Waals surface area contributed by atoms with Gasteiger partial charge in [0.2, 0.25) is 0 Å². The molecule has 0 aromatic heterocycles. The van der Waals surface area contributed by atoms with Crippen molar-refractivity contribution in [1.29, 1.82) is 0 Å². The van der Waals surface area contributed by atoms with Crippen LogP contribution in [0.3, 0.4) is 0 Å². The van der Waals surface area contributed by atoms with Crippen LogP contribution in [0.5, 0.6) is 5.75 Å². The van der Waals surface area contributed by atoms with Gasteiger partial charge in [0, 0.05) is 37.2 Å². The Labute approximate surface area is 157 Å². The lowest BCUT2D eigenvalue weighted by Crippen LogP contribution is -2.49. The van der Waals surface area contributed by atoms with E-state index >= 15 is 0 Å². The first kappa shape index (κ1) is 19.6. The summed E-state index contributed by atoms with van der Waals surface area (Å²) in [6, 6.07) is 6.13. The van der Waals surface area contributed by atoms with E-state index in [-0.39, 0.29) is 24.7 Å². The summed E-state index contributed by atoms with van der Waals surface area (Å²) in [5.74, 6) is 0.927. The van der Waals surface area contributed by atoms with Gasteiger partial charge in [-0.05, 0) is 30.9 Å². The van der Waals surface area contributed by atoms with Crippen LogP contribution in [0.15, 0.2) is 18.2 Å². The second-order valence-corrected chi connectivity index (χ2v) is 9.25. The van der Waals surface area contributed by atoms with E-state index in [9.17, 15) is 13.0 Å². The SMILES string of the molecule is CCN(CCc1ccc2c(c1)C(C)(C)C(N1CCCCC1)O2)S(=O)(=O)O. The van der Waals surface area contributed by atoms with E-state index in [1.54, 1.807) is 6.92 Å². The highest BCUT2D eigenvalue weighted by atomic mass is 32.2. The van der Waals surface area contributed by atoms with Crippen LogP contribution in [-0.2, 0) is 22.1 Å². The van der Waals surface area contributed by atoms with Crippen molar-refractivity contribution in [3.63, 3.8) is 0 Å². The first-order valence-corrected chi connectivity index (χ1v) is 10.9. The Balaban J connectivity index is 1.75. The smallest absolute Gasteiger partial charge is 0.335 e. The van der Waals surface area contributed by atoms with Crippen molar-refractivity contribution < 1.29 is 17.7 Å². The van der Waals surface area contributed by atoms with E-state index in [1.165, 1.54) is 24.8 Å². The standard InChI is InChI=1S/C19H30N2O4S/c1-4-21(26(22,23)24)13-10-15-8-9-17-16(14-15)19(2,3)18(25-17)20-11-6-5-7-12-20/h8-9,14,18H,4-7,10-13H2,1-3H3,(H,22,23,24). The summed E-state index contributed by atoms with van der Waals surface area (Å²) in [6.07, 6.45) is 4.35. The van der Waals surface area contributed by atoms with Crippen LogP contribution in [0.25, 0.3) is 0 Å². The molecule has 0 spiro atoms. The van der Waals surface area contributed by atoms with Crippen molar-refractivity contribution >= 4 is 10.3 Å². The number of piperidine rings is 1. The highest BCUT2D eigenvalue weighted by Crippen LogP contribution is 2.44. The second-order valence-electron chi connectivity index (χ2n) is 7.84. The van der Waals surface area contributed by atoms with E-state index in [0.717, 1.165) is 28.7 Å². The van der Waals surface area contributed by atoms with Crippen molar-refractivity contribution in [2.24, 2.45) is 0 Å². The Morgan fingerprint density at radius 2 is 1.96 bits per heavy atom. The van der Waals surface area contributed by atoms with Crippen molar-refractivity contribution in [2.75, 3.05) is 26.2 Å². The molecule has 1 fully saturated rings. The number of hydrogen-bond acceptors (Lipinski definition) is 4. The van der Waals surface area contributed by atoms with Crippen LogP contribution in [-0.4, -0.2) is 54.6 Å². The third-order valence-corrected chi connectivity index (χ3v) is 6.74. The number of benzene rings is 1. The highest BCUT2D eigenvalue weighted by molar-refractivity contribution is 7.83. The first-order chi connectivity index (χ1) is 12.2. The predicted octanol–water partition coefficient (Wildman–Crippen LogP) is 2.84. The average molecular weight is 383 g/mol. The monoisotopic (exact) mass is 382 g/mol. The van der Waals surface area contributed by atoms with Gasteiger partial charge in [-0.15, -0.1) is 0 Å². The van der Waals surface area contributed by atoms with Crippen LogP contribution >= 0.6 is 0 Å². The van der Waals surface area contributed by atoms with Gasteiger partial charge in [-0.1, -0.05) is 39.3 Å². The van der Waals surface area contributed by atoms with Gasteiger partial charge in [0.05, 0.1) is 0 Å². The minimum atomic E-state index is -4.14.